The maximum atomic E-state index is 14.0. The van der Waals surface area contributed by atoms with E-state index in [0.29, 0.717) is 5.69 Å². The molecule has 2 aromatic carbocycles. The van der Waals surface area contributed by atoms with Crippen LogP contribution in [-0.4, -0.2) is 22.5 Å². The molecule has 0 aliphatic carbocycles. The van der Waals surface area contributed by atoms with Crippen molar-refractivity contribution in [3.63, 3.8) is 0 Å². The van der Waals surface area contributed by atoms with E-state index in [0.717, 1.165) is 0 Å². The Bertz CT molecular complexity index is 1060. The zero-order valence-corrected chi connectivity index (χ0v) is 14.8. The van der Waals surface area contributed by atoms with Crippen molar-refractivity contribution in [2.75, 3.05) is 11.9 Å². The molecule has 1 heterocycles. The van der Waals surface area contributed by atoms with Gasteiger partial charge in [0.2, 0.25) is 0 Å². The predicted octanol–water partition coefficient (Wildman–Crippen LogP) is 4.86. The summed E-state index contributed by atoms with van der Waals surface area (Å²) in [7, 11) is 0. The number of carbonyl (C=O) groups is 1. The molecule has 0 aliphatic rings. The quantitative estimate of drug-likeness (QED) is 0.380. The van der Waals surface area contributed by atoms with Gasteiger partial charge in [0.05, 0.1) is 22.2 Å². The zero-order valence-electron chi connectivity index (χ0n) is 14.0. The number of nitro benzene ring substituents is 1. The van der Waals surface area contributed by atoms with Crippen LogP contribution < -0.4 is 5.32 Å². The molecule has 3 rings (SSSR count). The Labute approximate surface area is 157 Å². The Hall–Kier alpha value is -3.26. The minimum atomic E-state index is -0.809. The van der Waals surface area contributed by atoms with Crippen LogP contribution in [0.15, 0.2) is 42.6 Å². The highest BCUT2D eigenvalue weighted by Crippen LogP contribution is 2.36. The summed E-state index contributed by atoms with van der Waals surface area (Å²) in [4.78, 5) is 26.9. The number of benzene rings is 2. The highest BCUT2D eigenvalue weighted by Gasteiger charge is 2.26. The number of ether oxygens (including phenoxy) is 1. The minimum Gasteiger partial charge on any atom is -0.462 e. The van der Waals surface area contributed by atoms with Gasteiger partial charge < -0.3 is 10.1 Å². The van der Waals surface area contributed by atoms with E-state index in [4.69, 9.17) is 16.3 Å². The van der Waals surface area contributed by atoms with Crippen LogP contribution in [0.1, 0.15) is 17.3 Å². The van der Waals surface area contributed by atoms with Crippen molar-refractivity contribution in [3.05, 3.63) is 69.1 Å². The first-order valence-electron chi connectivity index (χ1n) is 7.88. The largest absolute Gasteiger partial charge is 0.462 e. The third-order valence-electron chi connectivity index (χ3n) is 3.78. The molecule has 0 bridgehead atoms. The van der Waals surface area contributed by atoms with Crippen molar-refractivity contribution in [2.24, 2.45) is 0 Å². The van der Waals surface area contributed by atoms with E-state index in [1.165, 1.54) is 42.6 Å². The molecule has 27 heavy (non-hydrogen) atoms. The van der Waals surface area contributed by atoms with Gasteiger partial charge in [-0.15, -0.1) is 0 Å². The molecule has 1 N–H and O–H groups in total. The highest BCUT2D eigenvalue weighted by atomic mass is 35.5. The summed E-state index contributed by atoms with van der Waals surface area (Å²) in [6.07, 6.45) is 1.35. The number of hydrogen-bond acceptors (Lipinski definition) is 6. The fraction of sp³-hybridized carbons (Fsp3) is 0.111. The first kappa shape index (κ1) is 18.5. The summed E-state index contributed by atoms with van der Waals surface area (Å²) in [5, 5.41) is 14.9. The van der Waals surface area contributed by atoms with Crippen molar-refractivity contribution < 1.29 is 18.8 Å². The molecular weight excluding hydrogens is 377 g/mol. The topological polar surface area (TPSA) is 94.4 Å². The van der Waals surface area contributed by atoms with Crippen LogP contribution in [0.25, 0.3) is 10.9 Å². The number of nitro groups is 1. The molecule has 0 saturated carbocycles. The van der Waals surface area contributed by atoms with Gasteiger partial charge in [-0.25, -0.2) is 9.18 Å². The van der Waals surface area contributed by atoms with E-state index < -0.39 is 22.4 Å². The van der Waals surface area contributed by atoms with Gasteiger partial charge in [-0.05, 0) is 37.3 Å². The van der Waals surface area contributed by atoms with Crippen molar-refractivity contribution in [3.8, 4) is 0 Å². The van der Waals surface area contributed by atoms with Gasteiger partial charge in [-0.1, -0.05) is 17.7 Å². The lowest BCUT2D eigenvalue weighted by Gasteiger charge is -2.12. The molecule has 0 atom stereocenters. The summed E-state index contributed by atoms with van der Waals surface area (Å²) in [6, 6.07) is 8.28. The maximum absolute atomic E-state index is 14.0. The Kier molecular flexibility index (Phi) is 5.18. The van der Waals surface area contributed by atoms with Gasteiger partial charge in [0.15, 0.2) is 0 Å². The molecule has 0 fully saturated rings. The molecule has 0 unspecified atom stereocenters. The van der Waals surface area contributed by atoms with E-state index in [1.807, 2.05) is 0 Å². The summed E-state index contributed by atoms with van der Waals surface area (Å²) in [6.45, 7) is 1.68. The van der Waals surface area contributed by atoms with Gasteiger partial charge in [-0.2, -0.15) is 0 Å². The number of hydrogen-bond donors (Lipinski definition) is 1. The van der Waals surface area contributed by atoms with Crippen molar-refractivity contribution in [1.29, 1.82) is 0 Å². The second-order valence-corrected chi connectivity index (χ2v) is 5.82. The SMILES string of the molecule is CCOC(=O)c1cccc(Nc2ccnc3c(F)ccc(Cl)c23)c1[N+](=O)[O-]. The monoisotopic (exact) mass is 389 g/mol. The molecule has 9 heteroatoms. The van der Waals surface area contributed by atoms with E-state index in [2.05, 4.69) is 10.3 Å². The normalized spacial score (nSPS) is 10.6. The molecule has 3 aromatic rings. The van der Waals surface area contributed by atoms with Gasteiger partial charge in [0.25, 0.3) is 0 Å². The molecular formula is C18H13ClFN3O4. The van der Waals surface area contributed by atoms with E-state index in [9.17, 15) is 19.3 Å². The number of nitrogens with zero attached hydrogens (tertiary/aromatic N) is 2. The zero-order chi connectivity index (χ0) is 19.6. The standard InChI is InChI=1S/C18H13ClFN3O4/c1-2-27-18(24)10-4-3-5-14(17(10)23(25)26)22-13-8-9-21-16-12(20)7-6-11(19)15(13)16/h3-9H,2H2,1H3,(H,21,22). The number of esters is 1. The average Bonchev–Trinajstić information content (AvgIpc) is 2.64. The minimum absolute atomic E-state index is 0.0247. The first-order chi connectivity index (χ1) is 12.9. The van der Waals surface area contributed by atoms with Crippen LogP contribution in [0.3, 0.4) is 0 Å². The number of fused-ring (bicyclic) bond motifs is 1. The van der Waals surface area contributed by atoms with Crippen LogP contribution in [0.5, 0.6) is 0 Å². The third-order valence-corrected chi connectivity index (χ3v) is 4.09. The maximum Gasteiger partial charge on any atom is 0.345 e. The number of pyridine rings is 1. The summed E-state index contributed by atoms with van der Waals surface area (Å²) < 4.78 is 18.9. The number of aromatic nitrogens is 1. The van der Waals surface area contributed by atoms with Gasteiger partial charge in [0.1, 0.15) is 22.6 Å². The molecule has 0 amide bonds. The molecule has 0 saturated heterocycles. The molecule has 0 aliphatic heterocycles. The third kappa shape index (κ3) is 3.52. The number of rotatable bonds is 5. The lowest BCUT2D eigenvalue weighted by Crippen LogP contribution is -2.09. The number of carbonyl (C=O) groups excluding carboxylic acids is 1. The van der Waals surface area contributed by atoms with Crippen LogP contribution in [-0.2, 0) is 4.74 Å². The van der Waals surface area contributed by atoms with E-state index in [1.54, 1.807) is 6.92 Å². The highest BCUT2D eigenvalue weighted by molar-refractivity contribution is 6.36. The van der Waals surface area contributed by atoms with Gasteiger partial charge in [-0.3, -0.25) is 15.1 Å². The lowest BCUT2D eigenvalue weighted by atomic mass is 10.1. The number of anilines is 2. The molecule has 1 aromatic heterocycles. The number of nitrogens with one attached hydrogen (secondary N) is 1. The average molecular weight is 390 g/mol. The molecule has 0 spiro atoms. The van der Waals surface area contributed by atoms with Gasteiger partial charge in [0, 0.05) is 11.6 Å². The second-order valence-electron chi connectivity index (χ2n) is 5.42. The Morgan fingerprint density at radius 3 is 2.78 bits per heavy atom. The predicted molar refractivity (Wildman–Crippen MR) is 99.0 cm³/mol. The Morgan fingerprint density at radius 1 is 1.30 bits per heavy atom. The summed E-state index contributed by atoms with van der Waals surface area (Å²) in [5.74, 6) is -1.38. The fourth-order valence-corrected chi connectivity index (χ4v) is 2.91. The van der Waals surface area contributed by atoms with Crippen LogP contribution >= 0.6 is 11.6 Å². The number of para-hydroxylation sites is 1. The summed E-state index contributed by atoms with van der Waals surface area (Å²) >= 11 is 6.17. The van der Waals surface area contributed by atoms with Crippen LogP contribution in [0.2, 0.25) is 5.02 Å². The van der Waals surface area contributed by atoms with E-state index >= 15 is 0 Å². The second kappa shape index (κ2) is 7.55. The first-order valence-corrected chi connectivity index (χ1v) is 8.26. The molecule has 138 valence electrons. The van der Waals surface area contributed by atoms with Crippen LogP contribution in [0, 0.1) is 15.9 Å². The smallest absolute Gasteiger partial charge is 0.345 e. The summed E-state index contributed by atoms with van der Waals surface area (Å²) in [5.41, 5.74) is -0.264. The lowest BCUT2D eigenvalue weighted by molar-refractivity contribution is -0.384. The molecule has 0 radical (unpaired) electrons. The van der Waals surface area contributed by atoms with Crippen LogP contribution in [0.4, 0.5) is 21.5 Å². The van der Waals surface area contributed by atoms with Crippen molar-refractivity contribution >= 4 is 45.5 Å². The Balaban J connectivity index is 2.16. The number of halogens is 2. The fourth-order valence-electron chi connectivity index (χ4n) is 2.66. The molecule has 7 nitrogen and oxygen atoms in total. The van der Waals surface area contributed by atoms with E-state index in [-0.39, 0.29) is 33.8 Å². The van der Waals surface area contributed by atoms with Crippen molar-refractivity contribution in [2.45, 2.75) is 6.92 Å². The van der Waals surface area contributed by atoms with Crippen molar-refractivity contribution in [1.82, 2.24) is 4.98 Å². The van der Waals surface area contributed by atoms with Gasteiger partial charge >= 0.3 is 11.7 Å². The Morgan fingerprint density at radius 2 is 2.07 bits per heavy atom.